The van der Waals surface area contributed by atoms with Crippen molar-refractivity contribution in [3.8, 4) is 11.5 Å². The van der Waals surface area contributed by atoms with Gasteiger partial charge in [-0.05, 0) is 54.8 Å². The van der Waals surface area contributed by atoms with Crippen LogP contribution in [-0.4, -0.2) is 58.5 Å². The van der Waals surface area contributed by atoms with Gasteiger partial charge in [-0.1, -0.05) is 67.7 Å². The summed E-state index contributed by atoms with van der Waals surface area (Å²) in [5.74, 6) is -0.341. The number of rotatable bonds is 15. The summed E-state index contributed by atoms with van der Waals surface area (Å²) in [7, 11) is -1.44. The van der Waals surface area contributed by atoms with Crippen LogP contribution in [0.3, 0.4) is 0 Å². The Hall–Kier alpha value is -3.47. The number of benzene rings is 3. The molecule has 43 heavy (non-hydrogen) atoms. The van der Waals surface area contributed by atoms with E-state index in [-0.39, 0.29) is 28.8 Å². The van der Waals surface area contributed by atoms with Crippen LogP contribution in [0.5, 0.6) is 11.5 Å². The minimum atomic E-state index is -4.29. The maximum absolute atomic E-state index is 14.2. The summed E-state index contributed by atoms with van der Waals surface area (Å²) in [6.45, 7) is 3.65. The van der Waals surface area contributed by atoms with E-state index in [1.165, 1.54) is 37.3 Å². The van der Waals surface area contributed by atoms with Gasteiger partial charge < -0.3 is 19.7 Å². The first-order valence-electron chi connectivity index (χ1n) is 13.9. The Kier molecular flexibility index (Phi) is 12.5. The molecule has 0 saturated carbocycles. The number of anilines is 1. The normalized spacial score (nSPS) is 11.9. The second kappa shape index (κ2) is 15.8. The fourth-order valence-corrected chi connectivity index (χ4v) is 6.38. The second-order valence-electron chi connectivity index (χ2n) is 9.69. The van der Waals surface area contributed by atoms with Crippen LogP contribution < -0.4 is 19.1 Å². The van der Waals surface area contributed by atoms with E-state index in [4.69, 9.17) is 32.7 Å². The Balaban J connectivity index is 2.07. The molecule has 0 aliphatic rings. The van der Waals surface area contributed by atoms with Crippen molar-refractivity contribution in [1.29, 1.82) is 0 Å². The van der Waals surface area contributed by atoms with Gasteiger partial charge in [0.1, 0.15) is 12.6 Å². The molecule has 232 valence electrons. The molecule has 0 aliphatic carbocycles. The zero-order valence-corrected chi connectivity index (χ0v) is 27.0. The molecular weight excluding hydrogens is 613 g/mol. The third kappa shape index (κ3) is 8.55. The Morgan fingerprint density at radius 3 is 2.23 bits per heavy atom. The number of hydrogen-bond acceptors (Lipinski definition) is 6. The van der Waals surface area contributed by atoms with Crippen molar-refractivity contribution in [1.82, 2.24) is 10.2 Å². The van der Waals surface area contributed by atoms with Crippen LogP contribution in [0.2, 0.25) is 10.0 Å². The third-order valence-electron chi connectivity index (χ3n) is 6.84. The molecule has 0 saturated heterocycles. The zero-order chi connectivity index (χ0) is 31.6. The lowest BCUT2D eigenvalue weighted by Gasteiger charge is -2.33. The zero-order valence-electron chi connectivity index (χ0n) is 24.7. The predicted molar refractivity (Wildman–Crippen MR) is 170 cm³/mol. The standard InChI is InChI=1S/C31H37Cl2N3O6S/c1-5-7-17-34-31(38)27(6-2)35(20-22-13-14-23(32)18-26(22)33)30(37)21-36(24-11-9-8-10-12-24)43(39,40)25-15-16-28(41-3)29(19-25)42-4/h8-16,18-19,27H,5-7,17,20-21H2,1-4H3,(H,34,38)/t27-/m1/s1. The first-order valence-corrected chi connectivity index (χ1v) is 16.1. The lowest BCUT2D eigenvalue weighted by molar-refractivity contribution is -0.140. The number of sulfonamides is 1. The van der Waals surface area contributed by atoms with Crippen molar-refractivity contribution in [2.75, 3.05) is 31.6 Å². The number of hydrogen-bond donors (Lipinski definition) is 1. The number of halogens is 2. The van der Waals surface area contributed by atoms with Crippen molar-refractivity contribution >= 4 is 50.7 Å². The third-order valence-corrected chi connectivity index (χ3v) is 9.19. The molecular formula is C31H37Cl2N3O6S. The smallest absolute Gasteiger partial charge is 0.264 e. The Labute approximate surface area is 263 Å². The van der Waals surface area contributed by atoms with E-state index in [2.05, 4.69) is 5.32 Å². The van der Waals surface area contributed by atoms with E-state index in [0.29, 0.717) is 34.3 Å². The highest BCUT2D eigenvalue weighted by Gasteiger charge is 2.34. The van der Waals surface area contributed by atoms with Crippen LogP contribution in [0, 0.1) is 0 Å². The summed E-state index contributed by atoms with van der Waals surface area (Å²) < 4.78 is 39.8. The average molecular weight is 651 g/mol. The fraction of sp³-hybridized carbons (Fsp3) is 0.355. The van der Waals surface area contributed by atoms with Gasteiger partial charge in [-0.3, -0.25) is 13.9 Å². The van der Waals surface area contributed by atoms with Crippen molar-refractivity contribution in [3.05, 3.63) is 82.3 Å². The van der Waals surface area contributed by atoms with Gasteiger partial charge in [-0.25, -0.2) is 8.42 Å². The van der Waals surface area contributed by atoms with Crippen molar-refractivity contribution in [2.45, 2.75) is 50.6 Å². The van der Waals surface area contributed by atoms with Gasteiger partial charge in [0.15, 0.2) is 11.5 Å². The molecule has 1 N–H and O–H groups in total. The quantitative estimate of drug-likeness (QED) is 0.205. The molecule has 0 aliphatic heterocycles. The van der Waals surface area contributed by atoms with Crippen LogP contribution in [-0.2, 0) is 26.2 Å². The fourth-order valence-electron chi connectivity index (χ4n) is 4.49. The lowest BCUT2D eigenvalue weighted by atomic mass is 10.1. The molecule has 0 radical (unpaired) electrons. The van der Waals surface area contributed by atoms with Gasteiger partial charge in [0.2, 0.25) is 11.8 Å². The summed E-state index contributed by atoms with van der Waals surface area (Å²) in [4.78, 5) is 28.8. The summed E-state index contributed by atoms with van der Waals surface area (Å²) in [6, 6.07) is 16.5. The van der Waals surface area contributed by atoms with E-state index >= 15 is 0 Å². The van der Waals surface area contributed by atoms with Crippen LogP contribution in [0.25, 0.3) is 0 Å². The molecule has 1 atom stereocenters. The highest BCUT2D eigenvalue weighted by molar-refractivity contribution is 7.92. The van der Waals surface area contributed by atoms with E-state index in [1.807, 2.05) is 6.92 Å². The van der Waals surface area contributed by atoms with Crippen LogP contribution in [0.15, 0.2) is 71.6 Å². The SMILES string of the molecule is CCCCNC(=O)[C@@H](CC)N(Cc1ccc(Cl)cc1Cl)C(=O)CN(c1ccccc1)S(=O)(=O)c1ccc(OC)c(OC)c1. The first kappa shape index (κ1) is 34.0. The first-order chi connectivity index (χ1) is 20.6. The molecule has 3 aromatic carbocycles. The van der Waals surface area contributed by atoms with Gasteiger partial charge >= 0.3 is 0 Å². The number of carbonyl (C=O) groups is 2. The molecule has 0 spiro atoms. The largest absolute Gasteiger partial charge is 0.493 e. The summed E-state index contributed by atoms with van der Waals surface area (Å²) in [6.07, 6.45) is 1.97. The van der Waals surface area contributed by atoms with Gasteiger partial charge in [-0.2, -0.15) is 0 Å². The molecule has 0 bridgehead atoms. The molecule has 2 amide bonds. The van der Waals surface area contributed by atoms with Gasteiger partial charge in [0.25, 0.3) is 10.0 Å². The molecule has 3 rings (SSSR count). The van der Waals surface area contributed by atoms with E-state index < -0.39 is 28.5 Å². The number of carbonyl (C=O) groups excluding carboxylic acids is 2. The number of amides is 2. The molecule has 0 heterocycles. The number of ether oxygens (including phenoxy) is 2. The maximum atomic E-state index is 14.2. The van der Waals surface area contributed by atoms with Crippen molar-refractivity contribution < 1.29 is 27.5 Å². The summed E-state index contributed by atoms with van der Waals surface area (Å²) >= 11 is 12.6. The Morgan fingerprint density at radius 2 is 1.63 bits per heavy atom. The topological polar surface area (TPSA) is 105 Å². The van der Waals surface area contributed by atoms with Crippen LogP contribution >= 0.6 is 23.2 Å². The second-order valence-corrected chi connectivity index (χ2v) is 12.4. The number of nitrogens with one attached hydrogen (secondary N) is 1. The minimum absolute atomic E-state index is 0.0342. The van der Waals surface area contributed by atoms with Gasteiger partial charge in [-0.15, -0.1) is 0 Å². The maximum Gasteiger partial charge on any atom is 0.264 e. The molecule has 12 heteroatoms. The highest BCUT2D eigenvalue weighted by atomic mass is 35.5. The number of nitrogens with zero attached hydrogens (tertiary/aromatic N) is 2. The lowest BCUT2D eigenvalue weighted by Crippen LogP contribution is -2.52. The number of unbranched alkanes of at least 4 members (excludes halogenated alkanes) is 1. The molecule has 3 aromatic rings. The molecule has 0 unspecified atom stereocenters. The van der Waals surface area contributed by atoms with Gasteiger partial charge in [0.05, 0.1) is 24.8 Å². The summed E-state index contributed by atoms with van der Waals surface area (Å²) in [5, 5.41) is 3.65. The monoisotopic (exact) mass is 649 g/mol. The average Bonchev–Trinajstić information content (AvgIpc) is 3.00. The van der Waals surface area contributed by atoms with Crippen LogP contribution in [0.1, 0.15) is 38.7 Å². The molecule has 0 aromatic heterocycles. The van der Waals surface area contributed by atoms with E-state index in [9.17, 15) is 18.0 Å². The number of methoxy groups -OCH3 is 2. The van der Waals surface area contributed by atoms with E-state index in [0.717, 1.165) is 17.1 Å². The number of para-hydroxylation sites is 1. The highest BCUT2D eigenvalue weighted by Crippen LogP contribution is 2.32. The summed E-state index contributed by atoms with van der Waals surface area (Å²) in [5.41, 5.74) is 0.837. The van der Waals surface area contributed by atoms with Crippen molar-refractivity contribution in [3.63, 3.8) is 0 Å². The molecule has 9 nitrogen and oxygen atoms in total. The van der Waals surface area contributed by atoms with E-state index in [1.54, 1.807) is 55.5 Å². The Bertz CT molecular complexity index is 1500. The molecule has 0 fully saturated rings. The van der Waals surface area contributed by atoms with Crippen LogP contribution in [0.4, 0.5) is 5.69 Å². The van der Waals surface area contributed by atoms with Crippen molar-refractivity contribution in [2.24, 2.45) is 0 Å². The minimum Gasteiger partial charge on any atom is -0.493 e. The Morgan fingerprint density at radius 1 is 0.930 bits per heavy atom. The predicted octanol–water partition coefficient (Wildman–Crippen LogP) is 5.93. The van der Waals surface area contributed by atoms with Gasteiger partial charge in [0, 0.05) is 29.2 Å².